The molecule has 0 aliphatic rings. The number of ether oxygens (including phenoxy) is 1. The number of hydrogen-bond acceptors (Lipinski definition) is 4. The number of rotatable bonds is 7. The van der Waals surface area contributed by atoms with E-state index in [9.17, 15) is 4.79 Å². The number of carboxylic acid groups (broad SMARTS) is 1. The molecule has 2 aromatic carbocycles. The lowest BCUT2D eigenvalue weighted by atomic mass is 10.0. The van der Waals surface area contributed by atoms with Crippen molar-refractivity contribution < 1.29 is 14.6 Å². The first-order chi connectivity index (χ1) is 13.9. The Kier molecular flexibility index (Phi) is 6.72. The molecule has 3 aromatic rings. The van der Waals surface area contributed by atoms with Crippen molar-refractivity contribution in [2.45, 2.75) is 26.2 Å². The average Bonchev–Trinajstić information content (AvgIpc) is 2.72. The monoisotopic (exact) mass is 430 g/mol. The summed E-state index contributed by atoms with van der Waals surface area (Å²) in [6.07, 6.45) is 4.63. The van der Waals surface area contributed by atoms with Crippen molar-refractivity contribution in [2.75, 3.05) is 7.11 Å². The van der Waals surface area contributed by atoms with E-state index in [0.717, 1.165) is 30.5 Å². The second-order valence-electron chi connectivity index (χ2n) is 6.52. The van der Waals surface area contributed by atoms with Gasteiger partial charge in [0.05, 0.1) is 39.8 Å². The standard InChI is InChI=1S/C22H20Cl2N2O3/c1-3-4-5-16-12-25-19(15-10-17(23)21(29-2)18(24)11-15)20(26-16)13-6-8-14(9-7-13)22(27)28/h6-12H,3-5H2,1-2H3,(H,27,28). The number of carboxylic acids is 1. The van der Waals surface area contributed by atoms with Crippen LogP contribution in [0.4, 0.5) is 0 Å². The van der Waals surface area contributed by atoms with Gasteiger partial charge >= 0.3 is 5.97 Å². The minimum atomic E-state index is -0.978. The zero-order valence-corrected chi connectivity index (χ0v) is 17.6. The number of unbranched alkanes of at least 4 members (excludes halogenated alkanes) is 1. The van der Waals surface area contributed by atoms with E-state index >= 15 is 0 Å². The predicted molar refractivity (Wildman–Crippen MR) is 115 cm³/mol. The molecule has 0 fully saturated rings. The molecule has 150 valence electrons. The maximum absolute atomic E-state index is 11.2. The Labute approximate surface area is 179 Å². The van der Waals surface area contributed by atoms with Crippen molar-refractivity contribution in [3.63, 3.8) is 0 Å². The van der Waals surface area contributed by atoms with Gasteiger partial charge in [-0.3, -0.25) is 4.98 Å². The first-order valence-electron chi connectivity index (χ1n) is 9.17. The van der Waals surface area contributed by atoms with Crippen LogP contribution in [-0.2, 0) is 6.42 Å². The minimum Gasteiger partial charge on any atom is -0.494 e. The molecule has 0 aliphatic carbocycles. The molecule has 0 saturated heterocycles. The first-order valence-corrected chi connectivity index (χ1v) is 9.93. The number of aromatic carboxylic acids is 1. The largest absolute Gasteiger partial charge is 0.494 e. The molecule has 1 N–H and O–H groups in total. The van der Waals surface area contributed by atoms with Crippen LogP contribution >= 0.6 is 23.2 Å². The summed E-state index contributed by atoms with van der Waals surface area (Å²) in [5.74, 6) is -0.578. The minimum absolute atomic E-state index is 0.209. The Bertz CT molecular complexity index is 1010. The Morgan fingerprint density at radius 1 is 1.07 bits per heavy atom. The van der Waals surface area contributed by atoms with Crippen LogP contribution in [0.15, 0.2) is 42.6 Å². The molecule has 5 nitrogen and oxygen atoms in total. The van der Waals surface area contributed by atoms with Crippen LogP contribution in [0.5, 0.6) is 5.75 Å². The molecule has 0 bridgehead atoms. The lowest BCUT2D eigenvalue weighted by Crippen LogP contribution is -2.00. The normalized spacial score (nSPS) is 10.8. The smallest absolute Gasteiger partial charge is 0.335 e. The topological polar surface area (TPSA) is 72.3 Å². The van der Waals surface area contributed by atoms with E-state index in [0.29, 0.717) is 32.7 Å². The van der Waals surface area contributed by atoms with Crippen molar-refractivity contribution >= 4 is 29.2 Å². The third kappa shape index (κ3) is 4.69. The molecule has 0 radical (unpaired) electrons. The summed E-state index contributed by atoms with van der Waals surface area (Å²) in [7, 11) is 1.50. The van der Waals surface area contributed by atoms with Gasteiger partial charge in [0.2, 0.25) is 0 Å². The number of benzene rings is 2. The molecule has 0 atom stereocenters. The molecule has 3 rings (SSSR count). The van der Waals surface area contributed by atoms with Gasteiger partial charge in [0, 0.05) is 17.3 Å². The maximum Gasteiger partial charge on any atom is 0.335 e. The Balaban J connectivity index is 2.15. The summed E-state index contributed by atoms with van der Waals surface area (Å²) in [4.78, 5) is 20.6. The zero-order valence-electron chi connectivity index (χ0n) is 16.1. The lowest BCUT2D eigenvalue weighted by molar-refractivity contribution is 0.0697. The van der Waals surface area contributed by atoms with Crippen LogP contribution in [0.25, 0.3) is 22.5 Å². The summed E-state index contributed by atoms with van der Waals surface area (Å²) in [6, 6.07) is 10.0. The second-order valence-corrected chi connectivity index (χ2v) is 7.33. The third-order valence-corrected chi connectivity index (χ3v) is 5.05. The summed E-state index contributed by atoms with van der Waals surface area (Å²) >= 11 is 12.6. The fourth-order valence-electron chi connectivity index (χ4n) is 2.98. The van der Waals surface area contributed by atoms with Gasteiger partial charge in [-0.25, -0.2) is 9.78 Å². The van der Waals surface area contributed by atoms with Gasteiger partial charge in [-0.05, 0) is 37.1 Å². The molecule has 29 heavy (non-hydrogen) atoms. The van der Waals surface area contributed by atoms with Crippen LogP contribution in [0.2, 0.25) is 10.0 Å². The fourth-order valence-corrected chi connectivity index (χ4v) is 3.62. The van der Waals surface area contributed by atoms with Gasteiger partial charge < -0.3 is 9.84 Å². The molecule has 0 aliphatic heterocycles. The molecule has 0 unspecified atom stereocenters. The summed E-state index contributed by atoms with van der Waals surface area (Å²) in [5.41, 5.74) is 3.80. The van der Waals surface area contributed by atoms with Crippen molar-refractivity contribution in [3.05, 3.63) is 63.9 Å². The Morgan fingerprint density at radius 3 is 2.28 bits per heavy atom. The predicted octanol–water partition coefficient (Wildman–Crippen LogP) is 6.17. The SMILES string of the molecule is CCCCc1cnc(-c2cc(Cl)c(OC)c(Cl)c2)c(-c2ccc(C(=O)O)cc2)n1. The number of aryl methyl sites for hydroxylation is 1. The van der Waals surface area contributed by atoms with Crippen LogP contribution in [0.1, 0.15) is 35.8 Å². The van der Waals surface area contributed by atoms with Crippen LogP contribution in [-0.4, -0.2) is 28.2 Å². The number of hydrogen-bond donors (Lipinski definition) is 1. The molecule has 7 heteroatoms. The highest BCUT2D eigenvalue weighted by molar-refractivity contribution is 6.37. The average molecular weight is 431 g/mol. The van der Waals surface area contributed by atoms with Gasteiger partial charge in [-0.15, -0.1) is 0 Å². The van der Waals surface area contributed by atoms with Crippen molar-refractivity contribution in [1.29, 1.82) is 0 Å². The van der Waals surface area contributed by atoms with E-state index in [1.807, 2.05) is 0 Å². The number of aromatic nitrogens is 2. The second kappa shape index (κ2) is 9.25. The number of nitrogens with zero attached hydrogens (tertiary/aromatic N) is 2. The Morgan fingerprint density at radius 2 is 1.72 bits per heavy atom. The zero-order chi connectivity index (χ0) is 21.0. The summed E-state index contributed by atoms with van der Waals surface area (Å²) in [5, 5.41) is 9.91. The molecule has 0 spiro atoms. The molecule has 0 amide bonds. The highest BCUT2D eigenvalue weighted by Gasteiger charge is 2.17. The van der Waals surface area contributed by atoms with Gasteiger partial charge in [-0.2, -0.15) is 0 Å². The number of carbonyl (C=O) groups is 1. The number of halogens is 2. The van der Waals surface area contributed by atoms with Crippen molar-refractivity contribution in [1.82, 2.24) is 9.97 Å². The fraction of sp³-hybridized carbons (Fsp3) is 0.227. The van der Waals surface area contributed by atoms with Gasteiger partial charge in [0.25, 0.3) is 0 Å². The van der Waals surface area contributed by atoms with Gasteiger partial charge in [-0.1, -0.05) is 48.7 Å². The van der Waals surface area contributed by atoms with Crippen LogP contribution in [0, 0.1) is 0 Å². The maximum atomic E-state index is 11.2. The van der Waals surface area contributed by atoms with Crippen molar-refractivity contribution in [2.24, 2.45) is 0 Å². The molecular formula is C22H20Cl2N2O3. The summed E-state index contributed by atoms with van der Waals surface area (Å²) < 4.78 is 5.22. The van der Waals surface area contributed by atoms with E-state index in [-0.39, 0.29) is 5.56 Å². The summed E-state index contributed by atoms with van der Waals surface area (Å²) in [6.45, 7) is 2.12. The van der Waals surface area contributed by atoms with E-state index in [1.54, 1.807) is 42.6 Å². The van der Waals surface area contributed by atoms with E-state index in [2.05, 4.69) is 11.9 Å². The molecule has 1 heterocycles. The lowest BCUT2D eigenvalue weighted by Gasteiger charge is -2.13. The highest BCUT2D eigenvalue weighted by atomic mass is 35.5. The van der Waals surface area contributed by atoms with Crippen LogP contribution in [0.3, 0.4) is 0 Å². The highest BCUT2D eigenvalue weighted by Crippen LogP contribution is 2.39. The van der Waals surface area contributed by atoms with Gasteiger partial charge in [0.1, 0.15) is 0 Å². The van der Waals surface area contributed by atoms with Gasteiger partial charge in [0.15, 0.2) is 5.75 Å². The van der Waals surface area contributed by atoms with E-state index in [1.165, 1.54) is 7.11 Å². The Hall–Kier alpha value is -2.63. The third-order valence-electron chi connectivity index (χ3n) is 4.49. The van der Waals surface area contributed by atoms with E-state index < -0.39 is 5.97 Å². The van der Waals surface area contributed by atoms with E-state index in [4.69, 9.17) is 38.0 Å². The first kappa shape index (κ1) is 21.1. The van der Waals surface area contributed by atoms with Crippen LogP contribution < -0.4 is 4.74 Å². The number of methoxy groups -OCH3 is 1. The molecule has 1 aromatic heterocycles. The molecular weight excluding hydrogens is 411 g/mol. The van der Waals surface area contributed by atoms with Crippen molar-refractivity contribution in [3.8, 4) is 28.3 Å². The quantitative estimate of drug-likeness (QED) is 0.485. The molecule has 0 saturated carbocycles.